The Morgan fingerprint density at radius 2 is 1.90 bits per heavy atom. The molecule has 0 bridgehead atoms. The second kappa shape index (κ2) is 8.03. The van der Waals surface area contributed by atoms with E-state index >= 15 is 0 Å². The van der Waals surface area contributed by atoms with Crippen LogP contribution < -0.4 is 10.2 Å². The first-order valence-corrected chi connectivity index (χ1v) is 10.5. The number of anilines is 1. The molecular formula is C22H18BrClN4O3. The van der Waals surface area contributed by atoms with E-state index in [1.807, 2.05) is 13.8 Å². The highest BCUT2D eigenvalue weighted by Crippen LogP contribution is 2.42. The van der Waals surface area contributed by atoms with Crippen LogP contribution in [0.25, 0.3) is 0 Å². The van der Waals surface area contributed by atoms with Gasteiger partial charge in [-0.3, -0.25) is 24.5 Å². The van der Waals surface area contributed by atoms with Crippen molar-refractivity contribution < 1.29 is 14.7 Å². The lowest BCUT2D eigenvalue weighted by Crippen LogP contribution is -2.39. The maximum atomic E-state index is 13.1. The molecule has 2 N–H and O–H groups in total. The van der Waals surface area contributed by atoms with Gasteiger partial charge in [0.2, 0.25) is 0 Å². The Bertz CT molecular complexity index is 1200. The molecule has 2 amide bonds. The molecule has 1 aliphatic heterocycles. The van der Waals surface area contributed by atoms with Gasteiger partial charge in [-0.1, -0.05) is 11.6 Å². The van der Waals surface area contributed by atoms with Crippen molar-refractivity contribution in [1.82, 2.24) is 15.3 Å². The summed E-state index contributed by atoms with van der Waals surface area (Å²) in [6, 6.07) is 8.38. The Morgan fingerprint density at radius 1 is 1.16 bits per heavy atom. The minimum Gasteiger partial charge on any atom is -0.369 e. The lowest BCUT2D eigenvalue weighted by molar-refractivity contribution is 0.0781. The minimum atomic E-state index is -1.25. The third-order valence-electron chi connectivity index (χ3n) is 5.19. The van der Waals surface area contributed by atoms with Gasteiger partial charge < -0.3 is 10.4 Å². The quantitative estimate of drug-likeness (QED) is 0.522. The third-order valence-corrected chi connectivity index (χ3v) is 5.86. The van der Waals surface area contributed by atoms with E-state index in [-0.39, 0.29) is 11.5 Å². The number of benzene rings is 1. The predicted molar refractivity (Wildman–Crippen MR) is 120 cm³/mol. The molecule has 1 atom stereocenters. The third kappa shape index (κ3) is 3.94. The summed E-state index contributed by atoms with van der Waals surface area (Å²) in [5.74, 6) is -0.733. The summed E-state index contributed by atoms with van der Waals surface area (Å²) >= 11 is 9.42. The summed E-state index contributed by atoms with van der Waals surface area (Å²) in [4.78, 5) is 35.5. The molecule has 2 aromatic heterocycles. The van der Waals surface area contributed by atoms with Gasteiger partial charge in [-0.25, -0.2) is 0 Å². The molecule has 31 heavy (non-hydrogen) atoms. The Hall–Kier alpha value is -2.81. The van der Waals surface area contributed by atoms with Gasteiger partial charge >= 0.3 is 0 Å². The molecule has 0 aliphatic carbocycles. The van der Waals surface area contributed by atoms with E-state index in [1.165, 1.54) is 18.6 Å². The van der Waals surface area contributed by atoms with Crippen LogP contribution in [0.2, 0.25) is 5.02 Å². The van der Waals surface area contributed by atoms with Gasteiger partial charge in [0.05, 0.1) is 23.0 Å². The normalized spacial score (nSPS) is 15.5. The van der Waals surface area contributed by atoms with Crippen LogP contribution in [-0.4, -0.2) is 26.9 Å². The first-order chi connectivity index (χ1) is 14.7. The van der Waals surface area contributed by atoms with E-state index in [0.717, 1.165) is 5.56 Å². The standard InChI is InChI=1S/C22H18BrClN4O3/c1-22(2)18-7-15(24)3-4-17(18)21(31)28(22)16-6-13(9-26-11-16)20(30)27-19(29)12-5-14(23)10-25-8-12/h3-11,19,29H,1-2H3,(H,27,30). The molecule has 158 valence electrons. The molecule has 9 heteroatoms. The molecule has 0 radical (unpaired) electrons. The van der Waals surface area contributed by atoms with Crippen molar-refractivity contribution in [1.29, 1.82) is 0 Å². The highest BCUT2D eigenvalue weighted by atomic mass is 79.9. The number of hydrogen-bond donors (Lipinski definition) is 2. The number of carbonyl (C=O) groups excluding carboxylic acids is 2. The first kappa shape index (κ1) is 21.4. The zero-order chi connectivity index (χ0) is 22.3. The van der Waals surface area contributed by atoms with E-state index in [1.54, 1.807) is 41.4 Å². The molecule has 1 aliphatic rings. The number of aliphatic hydroxyl groups excluding tert-OH is 1. The number of pyridine rings is 2. The maximum Gasteiger partial charge on any atom is 0.259 e. The number of rotatable bonds is 4. The van der Waals surface area contributed by atoms with Gasteiger partial charge in [0.25, 0.3) is 11.8 Å². The number of aliphatic hydroxyl groups is 1. The van der Waals surface area contributed by atoms with Gasteiger partial charge in [0, 0.05) is 39.2 Å². The average Bonchev–Trinajstić information content (AvgIpc) is 2.93. The highest BCUT2D eigenvalue weighted by molar-refractivity contribution is 9.10. The number of carbonyl (C=O) groups is 2. The summed E-state index contributed by atoms with van der Waals surface area (Å²) in [7, 11) is 0. The van der Waals surface area contributed by atoms with Gasteiger partial charge in [-0.2, -0.15) is 0 Å². The van der Waals surface area contributed by atoms with Crippen molar-refractivity contribution in [3.05, 3.63) is 86.9 Å². The average molecular weight is 502 g/mol. The number of nitrogens with one attached hydrogen (secondary N) is 1. The van der Waals surface area contributed by atoms with E-state index in [0.29, 0.717) is 26.3 Å². The summed E-state index contributed by atoms with van der Waals surface area (Å²) in [5, 5.41) is 13.4. The molecule has 3 heterocycles. The van der Waals surface area contributed by atoms with Gasteiger partial charge in [-0.05, 0) is 65.7 Å². The molecule has 1 unspecified atom stereocenters. The van der Waals surface area contributed by atoms with Crippen LogP contribution in [0.15, 0.2) is 59.6 Å². The number of amides is 2. The fourth-order valence-corrected chi connectivity index (χ4v) is 4.24. The summed E-state index contributed by atoms with van der Waals surface area (Å²) in [6.45, 7) is 3.81. The van der Waals surface area contributed by atoms with Crippen molar-refractivity contribution in [3.63, 3.8) is 0 Å². The van der Waals surface area contributed by atoms with Crippen LogP contribution in [0.5, 0.6) is 0 Å². The van der Waals surface area contributed by atoms with Crippen molar-refractivity contribution >= 4 is 45.0 Å². The molecule has 0 fully saturated rings. The number of halogens is 2. The molecule has 1 aromatic carbocycles. The van der Waals surface area contributed by atoms with Gasteiger partial charge in [-0.15, -0.1) is 0 Å². The maximum absolute atomic E-state index is 13.1. The Balaban J connectivity index is 1.61. The fraction of sp³-hybridized carbons (Fsp3) is 0.182. The van der Waals surface area contributed by atoms with E-state index in [4.69, 9.17) is 11.6 Å². The van der Waals surface area contributed by atoms with E-state index < -0.39 is 17.7 Å². The molecular weight excluding hydrogens is 484 g/mol. The van der Waals surface area contributed by atoms with Crippen molar-refractivity contribution in [2.45, 2.75) is 25.6 Å². The fourth-order valence-electron chi connectivity index (χ4n) is 3.69. The molecule has 3 aromatic rings. The topological polar surface area (TPSA) is 95.4 Å². The van der Waals surface area contributed by atoms with Crippen molar-refractivity contribution in [3.8, 4) is 0 Å². The monoisotopic (exact) mass is 500 g/mol. The van der Waals surface area contributed by atoms with Crippen LogP contribution in [0.1, 0.15) is 51.9 Å². The predicted octanol–water partition coefficient (Wildman–Crippen LogP) is 4.21. The van der Waals surface area contributed by atoms with Crippen molar-refractivity contribution in [2.75, 3.05) is 4.90 Å². The van der Waals surface area contributed by atoms with Crippen LogP contribution >= 0.6 is 27.5 Å². The Labute approximate surface area is 192 Å². The largest absolute Gasteiger partial charge is 0.369 e. The lowest BCUT2D eigenvalue weighted by atomic mass is 9.93. The zero-order valence-electron chi connectivity index (χ0n) is 16.6. The Kier molecular flexibility index (Phi) is 5.55. The summed E-state index contributed by atoms with van der Waals surface area (Å²) < 4.78 is 0.677. The first-order valence-electron chi connectivity index (χ1n) is 9.37. The summed E-state index contributed by atoms with van der Waals surface area (Å²) in [6.07, 6.45) is 4.68. The van der Waals surface area contributed by atoms with Crippen LogP contribution in [0.4, 0.5) is 5.69 Å². The smallest absolute Gasteiger partial charge is 0.259 e. The van der Waals surface area contributed by atoms with E-state index in [9.17, 15) is 14.7 Å². The molecule has 0 spiro atoms. The highest BCUT2D eigenvalue weighted by Gasteiger charge is 2.44. The van der Waals surface area contributed by atoms with Crippen LogP contribution in [-0.2, 0) is 5.54 Å². The Morgan fingerprint density at radius 3 is 2.65 bits per heavy atom. The lowest BCUT2D eigenvalue weighted by Gasteiger charge is -2.32. The second-order valence-corrected chi connectivity index (χ2v) is 8.99. The molecule has 4 rings (SSSR count). The van der Waals surface area contributed by atoms with Gasteiger partial charge in [0.1, 0.15) is 0 Å². The second-order valence-electron chi connectivity index (χ2n) is 7.63. The molecule has 0 saturated carbocycles. The van der Waals surface area contributed by atoms with E-state index in [2.05, 4.69) is 31.2 Å². The molecule has 0 saturated heterocycles. The SMILES string of the molecule is CC1(C)c2cc(Cl)ccc2C(=O)N1c1cncc(C(=O)NC(O)c2cncc(Br)c2)c1. The van der Waals surface area contributed by atoms with Gasteiger partial charge in [0.15, 0.2) is 6.23 Å². The van der Waals surface area contributed by atoms with Crippen molar-refractivity contribution in [2.24, 2.45) is 0 Å². The summed E-state index contributed by atoms with van der Waals surface area (Å²) in [5.41, 5.74) is 1.77. The number of hydrogen-bond acceptors (Lipinski definition) is 5. The minimum absolute atomic E-state index is 0.198. The number of aromatic nitrogens is 2. The number of nitrogens with zero attached hydrogens (tertiary/aromatic N) is 3. The van der Waals surface area contributed by atoms with Crippen LogP contribution in [0.3, 0.4) is 0 Å². The molecule has 7 nitrogen and oxygen atoms in total. The zero-order valence-corrected chi connectivity index (χ0v) is 19.0. The van der Waals surface area contributed by atoms with Crippen LogP contribution in [0, 0.1) is 0 Å². The number of fused-ring (bicyclic) bond motifs is 1.